The number of benzene rings is 2. The van der Waals surface area contributed by atoms with Gasteiger partial charge in [0, 0.05) is 6.04 Å². The summed E-state index contributed by atoms with van der Waals surface area (Å²) in [5, 5.41) is 0. The molecule has 2 rings (SSSR count). The minimum absolute atomic E-state index is 0.570. The topological polar surface area (TPSA) is 46.2 Å². The summed E-state index contributed by atoms with van der Waals surface area (Å²) in [6.07, 6.45) is 0. The summed E-state index contributed by atoms with van der Waals surface area (Å²) in [7, 11) is -4.31. The van der Waals surface area contributed by atoms with E-state index in [4.69, 9.17) is 0 Å². The number of nitrogens with one attached hydrogen (secondary N) is 1. The average Bonchev–Trinajstić information content (AvgIpc) is 2.45. The van der Waals surface area contributed by atoms with Gasteiger partial charge in [-0.3, -0.25) is 0 Å². The number of sulfonamides is 1. The molecule has 0 spiro atoms. The van der Waals surface area contributed by atoms with Gasteiger partial charge in [-0.05, 0) is 24.6 Å². The van der Waals surface area contributed by atoms with E-state index in [1.54, 1.807) is 37.3 Å². The molecule has 2 aromatic carbocycles. The summed E-state index contributed by atoms with van der Waals surface area (Å²) in [5.41, 5.74) is 0.657. The molecule has 0 amide bonds. The van der Waals surface area contributed by atoms with Gasteiger partial charge in [0.15, 0.2) is 17.5 Å². The van der Waals surface area contributed by atoms with Gasteiger partial charge in [0.05, 0.1) is 0 Å². The first-order valence-corrected chi connectivity index (χ1v) is 7.52. The minimum Gasteiger partial charge on any atom is -0.207 e. The standard InChI is InChI=1S/C14H12F3NO2S/c1-9(10-5-3-2-4-6-10)18-21(19,20)12-8-7-11(15)13(16)14(12)17/h2-9,18H,1H3/t9-/m1/s1. The van der Waals surface area contributed by atoms with Gasteiger partial charge in [0.25, 0.3) is 0 Å². The fraction of sp³-hybridized carbons (Fsp3) is 0.143. The molecule has 0 heterocycles. The summed E-state index contributed by atoms with van der Waals surface area (Å²) < 4.78 is 65.9. The van der Waals surface area contributed by atoms with Gasteiger partial charge in [-0.15, -0.1) is 0 Å². The molecule has 3 nitrogen and oxygen atoms in total. The molecule has 0 bridgehead atoms. The number of halogens is 3. The predicted octanol–water partition coefficient (Wildman–Crippen LogP) is 3.14. The van der Waals surface area contributed by atoms with Crippen molar-refractivity contribution in [2.75, 3.05) is 0 Å². The lowest BCUT2D eigenvalue weighted by atomic mass is 10.1. The van der Waals surface area contributed by atoms with E-state index in [2.05, 4.69) is 4.72 Å². The van der Waals surface area contributed by atoms with E-state index >= 15 is 0 Å². The van der Waals surface area contributed by atoms with Gasteiger partial charge < -0.3 is 0 Å². The van der Waals surface area contributed by atoms with Crippen LogP contribution >= 0.6 is 0 Å². The maximum absolute atomic E-state index is 13.6. The zero-order chi connectivity index (χ0) is 15.6. The first kappa shape index (κ1) is 15.5. The second-order valence-corrected chi connectivity index (χ2v) is 6.11. The smallest absolute Gasteiger partial charge is 0.207 e. The van der Waals surface area contributed by atoms with Crippen molar-refractivity contribution in [3.63, 3.8) is 0 Å². The maximum Gasteiger partial charge on any atom is 0.244 e. The number of hydrogen-bond donors (Lipinski definition) is 1. The van der Waals surface area contributed by atoms with Crippen LogP contribution in [0.1, 0.15) is 18.5 Å². The highest BCUT2D eigenvalue weighted by molar-refractivity contribution is 7.89. The van der Waals surface area contributed by atoms with Gasteiger partial charge in [0.2, 0.25) is 10.0 Å². The lowest BCUT2D eigenvalue weighted by Crippen LogP contribution is -2.28. The first-order valence-electron chi connectivity index (χ1n) is 6.03. The molecule has 1 atom stereocenters. The molecule has 0 saturated carbocycles. The van der Waals surface area contributed by atoms with Crippen LogP contribution in [0.25, 0.3) is 0 Å². The van der Waals surface area contributed by atoms with Crippen molar-refractivity contribution in [3.8, 4) is 0 Å². The average molecular weight is 315 g/mol. The lowest BCUT2D eigenvalue weighted by molar-refractivity contribution is 0.431. The summed E-state index contributed by atoms with van der Waals surface area (Å²) in [4.78, 5) is -0.927. The Hall–Kier alpha value is -1.86. The largest absolute Gasteiger partial charge is 0.244 e. The van der Waals surface area contributed by atoms with Crippen LogP contribution < -0.4 is 4.72 Å². The van der Waals surface area contributed by atoms with Crippen molar-refractivity contribution in [1.82, 2.24) is 4.72 Å². The SMILES string of the molecule is C[C@@H](NS(=O)(=O)c1ccc(F)c(F)c1F)c1ccccc1. The molecule has 0 aliphatic carbocycles. The van der Waals surface area contributed by atoms with Crippen LogP contribution in [0.4, 0.5) is 13.2 Å². The molecule has 112 valence electrons. The van der Waals surface area contributed by atoms with E-state index in [-0.39, 0.29) is 0 Å². The van der Waals surface area contributed by atoms with Gasteiger partial charge in [-0.2, -0.15) is 0 Å². The highest BCUT2D eigenvalue weighted by Gasteiger charge is 2.25. The molecule has 0 unspecified atom stereocenters. The minimum atomic E-state index is -4.31. The van der Waals surface area contributed by atoms with Crippen molar-refractivity contribution >= 4 is 10.0 Å². The Morgan fingerprint density at radius 2 is 1.57 bits per heavy atom. The molecule has 0 radical (unpaired) electrons. The van der Waals surface area contributed by atoms with Crippen LogP contribution in [0.3, 0.4) is 0 Å². The van der Waals surface area contributed by atoms with E-state index < -0.39 is 38.4 Å². The van der Waals surface area contributed by atoms with Crippen molar-refractivity contribution < 1.29 is 21.6 Å². The summed E-state index contributed by atoms with van der Waals surface area (Å²) in [6, 6.07) is 9.19. The van der Waals surface area contributed by atoms with Crippen molar-refractivity contribution in [2.45, 2.75) is 17.9 Å². The van der Waals surface area contributed by atoms with E-state index in [9.17, 15) is 21.6 Å². The third-order valence-corrected chi connectivity index (χ3v) is 4.48. The Morgan fingerprint density at radius 3 is 2.19 bits per heavy atom. The zero-order valence-electron chi connectivity index (χ0n) is 11.0. The molecule has 0 fully saturated rings. The van der Waals surface area contributed by atoms with E-state index in [0.717, 1.165) is 0 Å². The van der Waals surface area contributed by atoms with Gasteiger partial charge in [0.1, 0.15) is 4.90 Å². The summed E-state index contributed by atoms with van der Waals surface area (Å²) in [5.74, 6) is -4.99. The van der Waals surface area contributed by atoms with Gasteiger partial charge in [-0.1, -0.05) is 30.3 Å². The third kappa shape index (κ3) is 3.25. The van der Waals surface area contributed by atoms with E-state index in [1.807, 2.05) is 0 Å². The van der Waals surface area contributed by atoms with Crippen LogP contribution in [0, 0.1) is 17.5 Å². The van der Waals surface area contributed by atoms with Crippen molar-refractivity contribution in [1.29, 1.82) is 0 Å². The Balaban J connectivity index is 2.33. The van der Waals surface area contributed by atoms with Gasteiger partial charge in [-0.25, -0.2) is 26.3 Å². The second kappa shape index (κ2) is 5.87. The Bertz CT molecular complexity index is 748. The van der Waals surface area contributed by atoms with Crippen molar-refractivity contribution in [3.05, 3.63) is 65.5 Å². The van der Waals surface area contributed by atoms with Crippen molar-refractivity contribution in [2.24, 2.45) is 0 Å². The Kier molecular flexibility index (Phi) is 4.34. The molecule has 0 aromatic heterocycles. The molecule has 0 aliphatic rings. The van der Waals surface area contributed by atoms with Crippen LogP contribution in [-0.2, 0) is 10.0 Å². The Labute approximate surface area is 120 Å². The molecule has 1 N–H and O–H groups in total. The van der Waals surface area contributed by atoms with Crippen LogP contribution in [0.5, 0.6) is 0 Å². The van der Waals surface area contributed by atoms with Gasteiger partial charge >= 0.3 is 0 Å². The Morgan fingerprint density at radius 1 is 0.952 bits per heavy atom. The normalized spacial score (nSPS) is 13.1. The number of rotatable bonds is 4. The second-order valence-electron chi connectivity index (χ2n) is 4.43. The maximum atomic E-state index is 13.6. The van der Waals surface area contributed by atoms with Crippen LogP contribution in [0.15, 0.2) is 47.4 Å². The summed E-state index contributed by atoms with van der Waals surface area (Å²) in [6.45, 7) is 1.56. The fourth-order valence-corrected chi connectivity index (χ4v) is 3.12. The first-order chi connectivity index (χ1) is 9.83. The molecule has 0 saturated heterocycles. The molecular weight excluding hydrogens is 303 g/mol. The molecular formula is C14H12F3NO2S. The lowest BCUT2D eigenvalue weighted by Gasteiger charge is -2.15. The highest BCUT2D eigenvalue weighted by atomic mass is 32.2. The molecule has 0 aliphatic heterocycles. The van der Waals surface area contributed by atoms with Crippen LogP contribution in [-0.4, -0.2) is 8.42 Å². The fourth-order valence-electron chi connectivity index (χ4n) is 1.82. The van der Waals surface area contributed by atoms with Crippen LogP contribution in [0.2, 0.25) is 0 Å². The summed E-state index contributed by atoms with van der Waals surface area (Å²) >= 11 is 0. The van der Waals surface area contributed by atoms with E-state index in [1.165, 1.54) is 0 Å². The highest BCUT2D eigenvalue weighted by Crippen LogP contribution is 2.22. The number of hydrogen-bond acceptors (Lipinski definition) is 2. The monoisotopic (exact) mass is 315 g/mol. The molecule has 2 aromatic rings. The third-order valence-electron chi connectivity index (χ3n) is 2.92. The molecule has 7 heteroatoms. The quantitative estimate of drug-likeness (QED) is 0.881. The predicted molar refractivity (Wildman–Crippen MR) is 71.5 cm³/mol. The molecule has 21 heavy (non-hydrogen) atoms. The van der Waals surface area contributed by atoms with E-state index in [0.29, 0.717) is 17.7 Å². The zero-order valence-corrected chi connectivity index (χ0v) is 11.8.